The molecule has 3 heterocycles. The molecule has 0 amide bonds. The van der Waals surface area contributed by atoms with Crippen LogP contribution in [0.5, 0.6) is 0 Å². The normalized spacial score (nSPS) is 13.3. The molecule has 0 saturated carbocycles. The Kier molecular flexibility index (Phi) is 2.27. The van der Waals surface area contributed by atoms with Crippen LogP contribution >= 0.6 is 11.3 Å². The molecular weight excluding hydrogens is 220 g/mol. The number of fused-ring (bicyclic) bond motifs is 1. The van der Waals surface area contributed by atoms with Crippen molar-refractivity contribution in [2.75, 3.05) is 0 Å². The lowest BCUT2D eigenvalue weighted by Gasteiger charge is -2.06. The van der Waals surface area contributed by atoms with E-state index in [0.29, 0.717) is 0 Å². The number of nitrogens with zero attached hydrogens (tertiary/aromatic N) is 2. The van der Waals surface area contributed by atoms with Crippen LogP contribution in [-0.2, 0) is 6.42 Å². The van der Waals surface area contributed by atoms with Crippen molar-refractivity contribution in [3.8, 4) is 0 Å². The van der Waals surface area contributed by atoms with Crippen LogP contribution in [0.3, 0.4) is 0 Å². The quantitative estimate of drug-likeness (QED) is 0.725. The highest BCUT2D eigenvalue weighted by molar-refractivity contribution is 7.09. The number of nitrogens with one attached hydrogen (secondary N) is 1. The van der Waals surface area contributed by atoms with Gasteiger partial charge in [-0.3, -0.25) is 4.40 Å². The van der Waals surface area contributed by atoms with Crippen LogP contribution in [-0.4, -0.2) is 14.4 Å². The van der Waals surface area contributed by atoms with E-state index < -0.39 is 0 Å². The molecule has 1 unspecified atom stereocenters. The molecule has 3 N–H and O–H groups in total. The highest BCUT2D eigenvalue weighted by Crippen LogP contribution is 2.18. The van der Waals surface area contributed by atoms with E-state index in [1.807, 2.05) is 22.9 Å². The predicted molar refractivity (Wildman–Crippen MR) is 64.5 cm³/mol. The van der Waals surface area contributed by atoms with Gasteiger partial charge in [0.1, 0.15) is 0 Å². The molecule has 4 nitrogen and oxygen atoms in total. The SMILES string of the molecule is NC(Cc1cccs1)c1cn2ccnc2[nH]1. The number of hydrogen-bond acceptors (Lipinski definition) is 3. The summed E-state index contributed by atoms with van der Waals surface area (Å²) < 4.78 is 1.95. The molecular formula is C11H12N4S. The summed E-state index contributed by atoms with van der Waals surface area (Å²) in [6.45, 7) is 0. The molecule has 0 spiro atoms. The van der Waals surface area contributed by atoms with Gasteiger partial charge in [-0.2, -0.15) is 0 Å². The summed E-state index contributed by atoms with van der Waals surface area (Å²) in [5.74, 6) is 0.844. The van der Waals surface area contributed by atoms with Crippen LogP contribution in [0.4, 0.5) is 0 Å². The van der Waals surface area contributed by atoms with Crippen LogP contribution in [0.15, 0.2) is 36.1 Å². The fourth-order valence-corrected chi connectivity index (χ4v) is 2.53. The van der Waals surface area contributed by atoms with Crippen molar-refractivity contribution < 1.29 is 0 Å². The average molecular weight is 232 g/mol. The zero-order valence-corrected chi connectivity index (χ0v) is 9.45. The first-order valence-electron chi connectivity index (χ1n) is 5.12. The second-order valence-corrected chi connectivity index (χ2v) is 4.79. The van der Waals surface area contributed by atoms with E-state index >= 15 is 0 Å². The molecule has 3 aromatic rings. The third kappa shape index (κ3) is 1.64. The van der Waals surface area contributed by atoms with Crippen LogP contribution in [0.25, 0.3) is 5.78 Å². The van der Waals surface area contributed by atoms with Crippen molar-refractivity contribution >= 4 is 17.1 Å². The zero-order valence-electron chi connectivity index (χ0n) is 8.63. The van der Waals surface area contributed by atoms with Crippen LogP contribution in [0.2, 0.25) is 0 Å². The van der Waals surface area contributed by atoms with Gasteiger partial charge >= 0.3 is 0 Å². The second-order valence-electron chi connectivity index (χ2n) is 3.76. The smallest absolute Gasteiger partial charge is 0.211 e. The lowest BCUT2D eigenvalue weighted by atomic mass is 10.1. The van der Waals surface area contributed by atoms with Crippen molar-refractivity contribution in [1.29, 1.82) is 0 Å². The Morgan fingerprint density at radius 1 is 1.56 bits per heavy atom. The summed E-state index contributed by atoms with van der Waals surface area (Å²) in [4.78, 5) is 8.70. The van der Waals surface area contributed by atoms with Crippen LogP contribution in [0.1, 0.15) is 16.6 Å². The molecule has 0 bridgehead atoms. The standard InChI is InChI=1S/C11H12N4S/c12-9(6-8-2-1-5-16-8)10-7-15-4-3-13-11(15)14-10/h1-5,7,9H,6,12H2,(H,13,14). The molecule has 5 heteroatoms. The fraction of sp³-hybridized carbons (Fsp3) is 0.182. The van der Waals surface area contributed by atoms with E-state index in [1.54, 1.807) is 17.5 Å². The lowest BCUT2D eigenvalue weighted by molar-refractivity contribution is 0.709. The number of H-pyrrole nitrogens is 1. The average Bonchev–Trinajstić information content (AvgIpc) is 2.91. The van der Waals surface area contributed by atoms with Gasteiger partial charge in [-0.15, -0.1) is 11.3 Å². The van der Waals surface area contributed by atoms with Gasteiger partial charge in [-0.25, -0.2) is 4.98 Å². The third-order valence-corrected chi connectivity index (χ3v) is 3.50. The first-order valence-corrected chi connectivity index (χ1v) is 6.00. The minimum atomic E-state index is 0.000324. The number of imidazole rings is 2. The molecule has 82 valence electrons. The number of aromatic nitrogens is 3. The van der Waals surface area contributed by atoms with Gasteiger partial charge in [0, 0.05) is 29.9 Å². The van der Waals surface area contributed by atoms with Gasteiger partial charge < -0.3 is 10.7 Å². The molecule has 0 saturated heterocycles. The van der Waals surface area contributed by atoms with Gasteiger partial charge in [0.05, 0.1) is 11.7 Å². The van der Waals surface area contributed by atoms with E-state index in [-0.39, 0.29) is 6.04 Å². The van der Waals surface area contributed by atoms with E-state index in [2.05, 4.69) is 21.4 Å². The number of nitrogens with two attached hydrogens (primary N) is 1. The van der Waals surface area contributed by atoms with Gasteiger partial charge in [0.25, 0.3) is 0 Å². The van der Waals surface area contributed by atoms with E-state index in [0.717, 1.165) is 17.9 Å². The Bertz CT molecular complexity index is 549. The maximum absolute atomic E-state index is 6.14. The molecule has 0 aliphatic carbocycles. The van der Waals surface area contributed by atoms with Crippen molar-refractivity contribution in [3.63, 3.8) is 0 Å². The maximum atomic E-state index is 6.14. The van der Waals surface area contributed by atoms with Gasteiger partial charge in [-0.05, 0) is 11.4 Å². The number of rotatable bonds is 3. The molecule has 3 rings (SSSR count). The number of thiophene rings is 1. The summed E-state index contributed by atoms with van der Waals surface area (Å²) in [6, 6.07) is 4.16. The Hall–Kier alpha value is -1.59. The van der Waals surface area contributed by atoms with Crippen molar-refractivity contribution in [2.24, 2.45) is 5.73 Å². The molecule has 16 heavy (non-hydrogen) atoms. The third-order valence-electron chi connectivity index (χ3n) is 2.60. The summed E-state index contributed by atoms with van der Waals surface area (Å²) in [5, 5.41) is 2.07. The summed E-state index contributed by atoms with van der Waals surface area (Å²) >= 11 is 1.74. The zero-order chi connectivity index (χ0) is 11.0. The highest BCUT2D eigenvalue weighted by atomic mass is 32.1. The molecule has 0 aromatic carbocycles. The summed E-state index contributed by atoms with van der Waals surface area (Å²) in [5.41, 5.74) is 7.17. The van der Waals surface area contributed by atoms with E-state index in [4.69, 9.17) is 5.73 Å². The first kappa shape index (κ1) is 9.62. The second kappa shape index (κ2) is 3.77. The number of hydrogen-bond donors (Lipinski definition) is 2. The van der Waals surface area contributed by atoms with Crippen molar-refractivity contribution in [2.45, 2.75) is 12.5 Å². The summed E-state index contributed by atoms with van der Waals surface area (Å²) in [6.07, 6.45) is 6.54. The van der Waals surface area contributed by atoms with E-state index in [1.165, 1.54) is 4.88 Å². The molecule has 0 aliphatic rings. The van der Waals surface area contributed by atoms with Crippen molar-refractivity contribution in [1.82, 2.24) is 14.4 Å². The van der Waals surface area contributed by atoms with Crippen molar-refractivity contribution in [3.05, 3.63) is 46.7 Å². The van der Waals surface area contributed by atoms with E-state index in [9.17, 15) is 0 Å². The minimum absolute atomic E-state index is 0.000324. The lowest BCUT2D eigenvalue weighted by Crippen LogP contribution is -2.13. The minimum Gasteiger partial charge on any atom is -0.326 e. The Labute approximate surface area is 96.7 Å². The Morgan fingerprint density at radius 3 is 3.25 bits per heavy atom. The molecule has 0 fully saturated rings. The molecule has 0 aliphatic heterocycles. The molecule has 3 aromatic heterocycles. The Morgan fingerprint density at radius 2 is 2.50 bits per heavy atom. The monoisotopic (exact) mass is 232 g/mol. The van der Waals surface area contributed by atoms with Gasteiger partial charge in [0.2, 0.25) is 5.78 Å². The topological polar surface area (TPSA) is 59.1 Å². The number of aromatic amines is 1. The first-order chi connectivity index (χ1) is 7.83. The highest BCUT2D eigenvalue weighted by Gasteiger charge is 2.11. The van der Waals surface area contributed by atoms with Gasteiger partial charge in [0.15, 0.2) is 0 Å². The van der Waals surface area contributed by atoms with Gasteiger partial charge in [-0.1, -0.05) is 6.07 Å². The predicted octanol–water partition coefficient (Wildman–Crippen LogP) is 1.97. The molecule has 1 atom stereocenters. The van der Waals surface area contributed by atoms with Crippen LogP contribution in [0, 0.1) is 0 Å². The molecule has 0 radical (unpaired) electrons. The maximum Gasteiger partial charge on any atom is 0.211 e. The fourth-order valence-electron chi connectivity index (χ4n) is 1.77. The largest absolute Gasteiger partial charge is 0.326 e. The Balaban J connectivity index is 1.84. The van der Waals surface area contributed by atoms with Crippen LogP contribution < -0.4 is 5.73 Å². The summed E-state index contributed by atoms with van der Waals surface area (Å²) in [7, 11) is 0.